The lowest BCUT2D eigenvalue weighted by atomic mass is 10.1. The molecule has 294 valence electrons. The standard InChI is InChI=1S/C43H44N12O2S/c1-27-26-58-36-25-49-43(53-40(27)36)52-31-8-7-28(18-31)20-44-37-13-11-35(24-45-37)55-16-4-5-30(41(55)57)17-29-21-47-42(48-22-29)51-33-10-9-32(19-33)50-38-14-12-34(23-46-38)54-15-3-2-6-39(54)56/h2-6,11-16,21-26,28,31-33H,7-10,17-20H2,1H3,(H,44,45)(H,46,50)(H,47,48,51)(H,49,52,53)/t28-,31-,32-,33-/m0/s1. The molecule has 4 N–H and O–H groups in total. The Morgan fingerprint density at radius 3 is 2.19 bits per heavy atom. The van der Waals surface area contributed by atoms with Crippen LogP contribution in [0.2, 0.25) is 0 Å². The fourth-order valence-electron chi connectivity index (χ4n) is 7.98. The van der Waals surface area contributed by atoms with Gasteiger partial charge < -0.3 is 21.3 Å². The van der Waals surface area contributed by atoms with Crippen LogP contribution >= 0.6 is 11.3 Å². The van der Waals surface area contributed by atoms with E-state index in [4.69, 9.17) is 4.98 Å². The van der Waals surface area contributed by atoms with Gasteiger partial charge in [-0.3, -0.25) is 18.7 Å². The number of hydrogen-bond donors (Lipinski definition) is 4. The number of nitrogens with zero attached hydrogens (tertiary/aromatic N) is 8. The van der Waals surface area contributed by atoms with Gasteiger partial charge in [0, 0.05) is 67.5 Å². The second-order valence-corrected chi connectivity index (χ2v) is 16.1. The summed E-state index contributed by atoms with van der Waals surface area (Å²) >= 11 is 1.68. The number of pyridine rings is 4. The molecule has 0 aliphatic heterocycles. The lowest BCUT2D eigenvalue weighted by molar-refractivity contribution is 0.571. The maximum Gasteiger partial charge on any atom is 0.258 e. The van der Waals surface area contributed by atoms with Crippen molar-refractivity contribution in [3.63, 3.8) is 0 Å². The van der Waals surface area contributed by atoms with Crippen LogP contribution in [0.4, 0.5) is 23.5 Å². The average Bonchev–Trinajstić information content (AvgIpc) is 3.99. The summed E-state index contributed by atoms with van der Waals surface area (Å²) in [5.41, 5.74) is 4.96. The van der Waals surface area contributed by atoms with Crippen LogP contribution < -0.4 is 32.4 Å². The van der Waals surface area contributed by atoms with E-state index >= 15 is 0 Å². The number of aromatic nitrogens is 8. The highest BCUT2D eigenvalue weighted by Gasteiger charge is 2.26. The molecule has 2 fully saturated rings. The predicted octanol–water partition coefficient (Wildman–Crippen LogP) is 6.61. The van der Waals surface area contributed by atoms with Gasteiger partial charge in [-0.05, 0) is 104 Å². The van der Waals surface area contributed by atoms with Gasteiger partial charge in [0.1, 0.15) is 11.6 Å². The van der Waals surface area contributed by atoms with E-state index in [2.05, 4.69) is 58.5 Å². The zero-order valence-electron chi connectivity index (χ0n) is 32.1. The smallest absolute Gasteiger partial charge is 0.258 e. The Hall–Kier alpha value is -6.48. The molecule has 2 saturated carbocycles. The number of fused-ring (bicyclic) bond motifs is 1. The molecule has 7 heterocycles. The van der Waals surface area contributed by atoms with Gasteiger partial charge in [0.15, 0.2) is 0 Å². The second-order valence-electron chi connectivity index (χ2n) is 15.2. The summed E-state index contributed by atoms with van der Waals surface area (Å²) in [5, 5.41) is 16.1. The van der Waals surface area contributed by atoms with Crippen molar-refractivity contribution in [2.24, 2.45) is 5.92 Å². The van der Waals surface area contributed by atoms with Crippen LogP contribution in [0.1, 0.15) is 55.2 Å². The minimum atomic E-state index is -0.100. The monoisotopic (exact) mass is 792 g/mol. The molecule has 0 spiro atoms. The van der Waals surface area contributed by atoms with Gasteiger partial charge in [0.2, 0.25) is 11.9 Å². The number of hydrogen-bond acceptors (Lipinski definition) is 13. The Morgan fingerprint density at radius 1 is 0.690 bits per heavy atom. The molecule has 58 heavy (non-hydrogen) atoms. The third-order valence-corrected chi connectivity index (χ3v) is 12.1. The molecular weight excluding hydrogens is 749 g/mol. The number of nitrogens with one attached hydrogen (secondary N) is 4. The number of thiophene rings is 1. The quantitative estimate of drug-likeness (QED) is 0.0988. The number of aryl methyl sites for hydroxylation is 1. The van der Waals surface area contributed by atoms with Gasteiger partial charge in [0.25, 0.3) is 11.1 Å². The van der Waals surface area contributed by atoms with Crippen molar-refractivity contribution in [2.45, 2.75) is 70.0 Å². The van der Waals surface area contributed by atoms with Crippen LogP contribution in [0.15, 0.2) is 113 Å². The fourth-order valence-corrected chi connectivity index (χ4v) is 8.83. The highest BCUT2D eigenvalue weighted by Crippen LogP contribution is 2.30. The lowest BCUT2D eigenvalue weighted by Crippen LogP contribution is -2.23. The van der Waals surface area contributed by atoms with Gasteiger partial charge in [-0.1, -0.05) is 12.1 Å². The molecule has 14 nitrogen and oxygen atoms in total. The van der Waals surface area contributed by atoms with E-state index in [9.17, 15) is 9.59 Å². The first-order valence-electron chi connectivity index (χ1n) is 19.8. The van der Waals surface area contributed by atoms with E-state index < -0.39 is 0 Å². The number of rotatable bonds is 13. The SMILES string of the molecule is Cc1csc2cnc(N[C@H]3CC[C@H](CNc4ccc(-n5cccc(Cc6cnc(N[C@H]7CC[C@H](Nc8ccc(-n9ccccc9=O)cn8)C7)nc6)c5=O)cn4)C3)nc12. The molecule has 0 bridgehead atoms. The highest BCUT2D eigenvalue weighted by atomic mass is 32.1. The van der Waals surface area contributed by atoms with E-state index in [0.29, 0.717) is 41.5 Å². The predicted molar refractivity (Wildman–Crippen MR) is 229 cm³/mol. The minimum absolute atomic E-state index is 0.0925. The summed E-state index contributed by atoms with van der Waals surface area (Å²) in [4.78, 5) is 53.3. The van der Waals surface area contributed by atoms with Crippen LogP contribution in [0.5, 0.6) is 0 Å². The normalized spacial score (nSPS) is 19.0. The van der Waals surface area contributed by atoms with Gasteiger partial charge in [-0.2, -0.15) is 0 Å². The molecule has 9 rings (SSSR count). The first-order valence-corrected chi connectivity index (χ1v) is 20.6. The van der Waals surface area contributed by atoms with Crippen molar-refractivity contribution in [2.75, 3.05) is 27.8 Å². The van der Waals surface area contributed by atoms with Crippen molar-refractivity contribution < 1.29 is 0 Å². The van der Waals surface area contributed by atoms with Gasteiger partial charge in [-0.15, -0.1) is 11.3 Å². The first kappa shape index (κ1) is 37.1. The molecule has 7 aromatic heterocycles. The Morgan fingerprint density at radius 2 is 1.40 bits per heavy atom. The molecule has 0 amide bonds. The highest BCUT2D eigenvalue weighted by molar-refractivity contribution is 7.17. The van der Waals surface area contributed by atoms with Crippen molar-refractivity contribution in [3.05, 3.63) is 141 Å². The fraction of sp³-hybridized carbons (Fsp3) is 0.302. The molecule has 7 aromatic rings. The molecule has 2 aliphatic carbocycles. The molecule has 2 aliphatic rings. The average molecular weight is 793 g/mol. The van der Waals surface area contributed by atoms with Crippen LogP contribution in [-0.2, 0) is 6.42 Å². The Bertz CT molecular complexity index is 2630. The largest absolute Gasteiger partial charge is 0.370 e. The maximum atomic E-state index is 13.6. The van der Waals surface area contributed by atoms with Crippen molar-refractivity contribution in [1.29, 1.82) is 0 Å². The molecule has 0 saturated heterocycles. The Balaban J connectivity index is 0.740. The summed E-state index contributed by atoms with van der Waals surface area (Å²) < 4.78 is 4.32. The zero-order chi connectivity index (χ0) is 39.4. The van der Waals surface area contributed by atoms with E-state index in [1.54, 1.807) is 63.7 Å². The summed E-state index contributed by atoms with van der Waals surface area (Å²) in [7, 11) is 0. The van der Waals surface area contributed by atoms with Crippen LogP contribution in [0.3, 0.4) is 0 Å². The van der Waals surface area contributed by atoms with Crippen LogP contribution in [0, 0.1) is 12.8 Å². The third-order valence-electron chi connectivity index (χ3n) is 11.1. The molecule has 15 heteroatoms. The topological polar surface area (TPSA) is 169 Å². The first-order chi connectivity index (χ1) is 28.4. The zero-order valence-corrected chi connectivity index (χ0v) is 32.9. The lowest BCUT2D eigenvalue weighted by Gasteiger charge is -2.15. The molecule has 0 aromatic carbocycles. The van der Waals surface area contributed by atoms with Crippen molar-refractivity contribution in [1.82, 2.24) is 39.0 Å². The Labute approximate surface area is 338 Å². The summed E-state index contributed by atoms with van der Waals surface area (Å²) in [6.07, 6.45) is 18.9. The maximum absolute atomic E-state index is 13.6. The van der Waals surface area contributed by atoms with Crippen molar-refractivity contribution in [3.8, 4) is 11.4 Å². The second kappa shape index (κ2) is 16.5. The summed E-state index contributed by atoms with van der Waals surface area (Å²) in [6.45, 7) is 2.91. The van der Waals surface area contributed by atoms with Crippen molar-refractivity contribution >= 4 is 45.1 Å². The molecular formula is C43H44N12O2S. The summed E-state index contributed by atoms with van der Waals surface area (Å²) in [6, 6.07) is 17.3. The molecule has 4 atom stereocenters. The van der Waals surface area contributed by atoms with Gasteiger partial charge in [-0.25, -0.2) is 29.9 Å². The molecule has 0 radical (unpaired) electrons. The number of anilines is 4. The Kier molecular flexibility index (Phi) is 10.6. The van der Waals surface area contributed by atoms with E-state index in [1.807, 2.05) is 48.7 Å². The minimum Gasteiger partial charge on any atom is -0.370 e. The van der Waals surface area contributed by atoms with E-state index in [-0.39, 0.29) is 23.2 Å². The third kappa shape index (κ3) is 8.44. The van der Waals surface area contributed by atoms with Crippen LogP contribution in [0.25, 0.3) is 21.6 Å². The van der Waals surface area contributed by atoms with Gasteiger partial charge in [0.05, 0.1) is 40.2 Å². The van der Waals surface area contributed by atoms with E-state index in [0.717, 1.165) is 78.2 Å². The van der Waals surface area contributed by atoms with Gasteiger partial charge >= 0.3 is 0 Å². The molecule has 0 unspecified atom stereocenters. The van der Waals surface area contributed by atoms with Crippen LogP contribution in [-0.4, -0.2) is 63.7 Å². The summed E-state index contributed by atoms with van der Waals surface area (Å²) in [5.74, 6) is 3.34. The van der Waals surface area contributed by atoms with E-state index in [1.165, 1.54) is 11.6 Å².